The molecule has 0 saturated carbocycles. The van der Waals surface area contributed by atoms with E-state index in [4.69, 9.17) is 12.2 Å². The summed E-state index contributed by atoms with van der Waals surface area (Å²) in [6, 6.07) is 21.1. The molecule has 0 saturated heterocycles. The number of amides is 2. The highest BCUT2D eigenvalue weighted by molar-refractivity contribution is 7.80. The third-order valence-corrected chi connectivity index (χ3v) is 5.33. The van der Waals surface area contributed by atoms with Crippen LogP contribution in [0.1, 0.15) is 42.6 Å². The summed E-state index contributed by atoms with van der Waals surface area (Å²) in [4.78, 5) is 27.3. The maximum absolute atomic E-state index is 12.8. The van der Waals surface area contributed by atoms with Crippen molar-refractivity contribution in [1.82, 2.24) is 10.2 Å². The first-order valence-electron chi connectivity index (χ1n) is 11.0. The number of thiocarbonyl (C=S) groups is 1. The summed E-state index contributed by atoms with van der Waals surface area (Å²) >= 11 is 5.33. The molecule has 166 valence electrons. The van der Waals surface area contributed by atoms with E-state index in [9.17, 15) is 9.59 Å². The molecule has 6 heteroatoms. The second-order valence-corrected chi connectivity index (χ2v) is 8.10. The van der Waals surface area contributed by atoms with Crippen molar-refractivity contribution in [2.24, 2.45) is 0 Å². The van der Waals surface area contributed by atoms with Gasteiger partial charge in [-0.15, -0.1) is 0 Å². The molecule has 0 aliphatic heterocycles. The number of carbonyl (C=O) groups is 2. The summed E-state index contributed by atoms with van der Waals surface area (Å²) in [7, 11) is 0. The van der Waals surface area contributed by atoms with E-state index in [-0.39, 0.29) is 23.3 Å². The number of nitrogens with one attached hydrogen (secondary N) is 2. The molecule has 0 aliphatic rings. The summed E-state index contributed by atoms with van der Waals surface area (Å²) < 4.78 is 0. The second-order valence-electron chi connectivity index (χ2n) is 7.69. The molecule has 0 spiro atoms. The molecule has 3 aromatic carbocycles. The van der Waals surface area contributed by atoms with E-state index in [1.165, 1.54) is 0 Å². The van der Waals surface area contributed by atoms with Crippen molar-refractivity contribution in [3.63, 3.8) is 0 Å². The minimum Gasteiger partial charge on any atom is -0.339 e. The first kappa shape index (κ1) is 23.4. The number of rotatable bonds is 8. The second kappa shape index (κ2) is 11.4. The molecular formula is C26H29N3O2S. The third kappa shape index (κ3) is 6.14. The van der Waals surface area contributed by atoms with Crippen LogP contribution < -0.4 is 10.6 Å². The third-order valence-electron chi connectivity index (χ3n) is 5.13. The Morgan fingerprint density at radius 3 is 2.34 bits per heavy atom. The Kier molecular flexibility index (Phi) is 8.34. The Bertz CT molecular complexity index is 1100. The lowest BCUT2D eigenvalue weighted by Crippen LogP contribution is -2.35. The molecule has 2 N–H and O–H groups in total. The molecule has 0 aliphatic carbocycles. The molecule has 0 aromatic heterocycles. The minimum absolute atomic E-state index is 0.00302. The van der Waals surface area contributed by atoms with Gasteiger partial charge in [-0.2, -0.15) is 0 Å². The fourth-order valence-electron chi connectivity index (χ4n) is 3.72. The Labute approximate surface area is 194 Å². The van der Waals surface area contributed by atoms with Crippen molar-refractivity contribution in [2.75, 3.05) is 18.4 Å². The summed E-state index contributed by atoms with van der Waals surface area (Å²) in [5.74, 6) is -0.189. The SMILES string of the molecule is CCCN(CCC)C(=O)c1cccc(NC(=S)NC(=O)Cc2cccc3ccccc23)c1. The van der Waals surface area contributed by atoms with E-state index >= 15 is 0 Å². The van der Waals surface area contributed by atoms with Gasteiger partial charge in [0.2, 0.25) is 5.91 Å². The number of hydrogen-bond donors (Lipinski definition) is 2. The molecule has 3 aromatic rings. The summed E-state index contributed by atoms with van der Waals surface area (Å²) in [6.45, 7) is 5.58. The van der Waals surface area contributed by atoms with Crippen molar-refractivity contribution >= 4 is 45.6 Å². The topological polar surface area (TPSA) is 61.4 Å². The fraction of sp³-hybridized carbons (Fsp3) is 0.269. The zero-order chi connectivity index (χ0) is 22.9. The van der Waals surface area contributed by atoms with Crippen LogP contribution >= 0.6 is 12.2 Å². The molecule has 0 fully saturated rings. The molecule has 0 atom stereocenters. The van der Waals surface area contributed by atoms with E-state index in [2.05, 4.69) is 24.5 Å². The fourth-order valence-corrected chi connectivity index (χ4v) is 3.95. The average molecular weight is 448 g/mol. The molecular weight excluding hydrogens is 418 g/mol. The van der Waals surface area contributed by atoms with Crippen molar-refractivity contribution in [2.45, 2.75) is 33.1 Å². The van der Waals surface area contributed by atoms with E-state index in [0.717, 1.165) is 42.3 Å². The zero-order valence-corrected chi connectivity index (χ0v) is 19.4. The lowest BCUT2D eigenvalue weighted by molar-refractivity contribution is -0.119. The van der Waals surface area contributed by atoms with Gasteiger partial charge in [-0.25, -0.2) is 0 Å². The number of carbonyl (C=O) groups excluding carboxylic acids is 2. The molecule has 2 amide bonds. The van der Waals surface area contributed by atoms with Gasteiger partial charge in [0.05, 0.1) is 6.42 Å². The molecule has 3 rings (SSSR count). The Hall–Kier alpha value is -3.25. The van der Waals surface area contributed by atoms with Crippen LogP contribution in [0.25, 0.3) is 10.8 Å². The van der Waals surface area contributed by atoms with Crippen LogP contribution in [0.4, 0.5) is 5.69 Å². The monoisotopic (exact) mass is 447 g/mol. The highest BCUT2D eigenvalue weighted by Crippen LogP contribution is 2.19. The highest BCUT2D eigenvalue weighted by atomic mass is 32.1. The van der Waals surface area contributed by atoms with Crippen LogP contribution in [-0.2, 0) is 11.2 Å². The van der Waals surface area contributed by atoms with Crippen LogP contribution in [0, 0.1) is 0 Å². The van der Waals surface area contributed by atoms with E-state index in [1.807, 2.05) is 59.5 Å². The number of fused-ring (bicyclic) bond motifs is 1. The smallest absolute Gasteiger partial charge is 0.253 e. The van der Waals surface area contributed by atoms with Gasteiger partial charge >= 0.3 is 0 Å². The van der Waals surface area contributed by atoms with Gasteiger partial charge in [0.1, 0.15) is 0 Å². The van der Waals surface area contributed by atoms with Gasteiger partial charge in [0.25, 0.3) is 5.91 Å². The van der Waals surface area contributed by atoms with Crippen LogP contribution in [0.3, 0.4) is 0 Å². The minimum atomic E-state index is -0.192. The first-order chi connectivity index (χ1) is 15.5. The van der Waals surface area contributed by atoms with E-state index in [1.54, 1.807) is 12.1 Å². The van der Waals surface area contributed by atoms with Gasteiger partial charge in [-0.05, 0) is 59.6 Å². The maximum atomic E-state index is 12.8. The Balaban J connectivity index is 1.62. The molecule has 0 radical (unpaired) electrons. The number of hydrogen-bond acceptors (Lipinski definition) is 3. The predicted octanol–water partition coefficient (Wildman–Crippen LogP) is 5.16. The van der Waals surface area contributed by atoms with Crippen molar-refractivity contribution < 1.29 is 9.59 Å². The van der Waals surface area contributed by atoms with E-state index in [0.29, 0.717) is 11.3 Å². The molecule has 32 heavy (non-hydrogen) atoms. The standard InChI is InChI=1S/C26H29N3O2S/c1-3-15-29(16-4-2)25(31)21-12-8-13-22(17-21)27-26(32)28-24(30)18-20-11-7-10-19-9-5-6-14-23(19)20/h5-14,17H,3-4,15-16,18H2,1-2H3,(H2,27,28,30,32). The summed E-state index contributed by atoms with van der Waals surface area (Å²) in [5, 5.41) is 8.12. The number of anilines is 1. The van der Waals surface area contributed by atoms with Gasteiger partial charge in [-0.3, -0.25) is 9.59 Å². The lowest BCUT2D eigenvalue weighted by atomic mass is 10.0. The molecule has 0 unspecified atom stereocenters. The molecule has 5 nitrogen and oxygen atoms in total. The van der Waals surface area contributed by atoms with Crippen molar-refractivity contribution in [3.05, 3.63) is 77.9 Å². The van der Waals surface area contributed by atoms with Crippen molar-refractivity contribution in [1.29, 1.82) is 0 Å². The normalized spacial score (nSPS) is 10.6. The maximum Gasteiger partial charge on any atom is 0.253 e. The van der Waals surface area contributed by atoms with Crippen LogP contribution in [0.15, 0.2) is 66.7 Å². The summed E-state index contributed by atoms with van der Waals surface area (Å²) in [5.41, 5.74) is 2.21. The highest BCUT2D eigenvalue weighted by Gasteiger charge is 2.15. The Morgan fingerprint density at radius 1 is 0.906 bits per heavy atom. The number of nitrogens with zero attached hydrogens (tertiary/aromatic N) is 1. The number of benzene rings is 3. The lowest BCUT2D eigenvalue weighted by Gasteiger charge is -2.21. The van der Waals surface area contributed by atoms with Crippen LogP contribution in [0.2, 0.25) is 0 Å². The predicted molar refractivity (Wildman–Crippen MR) is 135 cm³/mol. The van der Waals surface area contributed by atoms with Gasteiger partial charge in [-0.1, -0.05) is 62.4 Å². The van der Waals surface area contributed by atoms with Crippen molar-refractivity contribution in [3.8, 4) is 0 Å². The zero-order valence-electron chi connectivity index (χ0n) is 18.6. The average Bonchev–Trinajstić information content (AvgIpc) is 2.78. The Morgan fingerprint density at radius 2 is 1.59 bits per heavy atom. The van der Waals surface area contributed by atoms with E-state index < -0.39 is 0 Å². The quantitative estimate of drug-likeness (QED) is 0.469. The van der Waals surface area contributed by atoms with Crippen LogP contribution in [-0.4, -0.2) is 34.9 Å². The van der Waals surface area contributed by atoms with Gasteiger partial charge in [0, 0.05) is 24.3 Å². The molecule has 0 bridgehead atoms. The van der Waals surface area contributed by atoms with Crippen LogP contribution in [0.5, 0.6) is 0 Å². The molecule has 0 heterocycles. The van der Waals surface area contributed by atoms with Gasteiger partial charge in [0.15, 0.2) is 5.11 Å². The summed E-state index contributed by atoms with van der Waals surface area (Å²) in [6.07, 6.45) is 2.05. The first-order valence-corrected chi connectivity index (χ1v) is 11.4. The van der Waals surface area contributed by atoms with Gasteiger partial charge < -0.3 is 15.5 Å². The largest absolute Gasteiger partial charge is 0.339 e.